The second-order valence-electron chi connectivity index (χ2n) is 23.3. The standard InChI is InChI=1S/C57H79N9O4/c1-8-65-49-18-17-41-29-44(49)46(52(65)45-30-43(32-59-50(45)37(2)3)63-26-25-62-22-10-9-15-42(62)33-63)31-56(6,7)36-70-55(69)47-16-12-23-66(61-47)54(68)48(28-39-13-11-14-40(41)27-39)60-53(67)51(38(4)5)64-24-20-57(35-64)19-21-58-34-57/h11,13-14,17-18,27,29-30,32,37-38,42,47-48,51,58,61H,8-10,12,15-16,19-26,28,31,33-36H2,1-7H3,(H,60,67)/t42-,47+,48+,51+,57+/m1/s1. The summed E-state index contributed by atoms with van der Waals surface area (Å²) in [6, 6.07) is 16.4. The van der Waals surface area contributed by atoms with Gasteiger partial charge in [-0.15, -0.1) is 0 Å². The number of pyridine rings is 1. The van der Waals surface area contributed by atoms with E-state index in [1.807, 2.05) is 0 Å². The fraction of sp³-hybridized carbons (Fsp3) is 0.614. The zero-order valence-electron chi connectivity index (χ0n) is 43.1. The van der Waals surface area contributed by atoms with Crippen LogP contribution in [0, 0.1) is 16.7 Å². The first-order valence-corrected chi connectivity index (χ1v) is 26.9. The first kappa shape index (κ1) is 48.8. The van der Waals surface area contributed by atoms with Gasteiger partial charge in [-0.25, -0.2) is 5.43 Å². The molecule has 13 nitrogen and oxygen atoms in total. The van der Waals surface area contributed by atoms with Gasteiger partial charge in [0.15, 0.2) is 0 Å². The molecule has 2 aromatic heterocycles. The maximum Gasteiger partial charge on any atom is 0.324 e. The van der Waals surface area contributed by atoms with Crippen LogP contribution in [0.5, 0.6) is 0 Å². The van der Waals surface area contributed by atoms with E-state index in [2.05, 4.69) is 139 Å². The Hall–Kier alpha value is -4.82. The lowest BCUT2D eigenvalue weighted by atomic mass is 9.83. The van der Waals surface area contributed by atoms with Crippen molar-refractivity contribution in [1.29, 1.82) is 0 Å². The molecule has 0 radical (unpaired) electrons. The normalized spacial score (nSPS) is 26.2. The van der Waals surface area contributed by atoms with E-state index in [9.17, 15) is 14.4 Å². The Bertz CT molecular complexity index is 2580. The molecule has 376 valence electrons. The number of nitrogens with one attached hydrogen (secondary N) is 3. The highest BCUT2D eigenvalue weighted by Crippen LogP contribution is 2.44. The summed E-state index contributed by atoms with van der Waals surface area (Å²) < 4.78 is 8.77. The van der Waals surface area contributed by atoms with E-state index in [0.29, 0.717) is 38.3 Å². The number of piperidine rings is 1. The Morgan fingerprint density at radius 1 is 0.943 bits per heavy atom. The van der Waals surface area contributed by atoms with E-state index in [-0.39, 0.29) is 47.7 Å². The Kier molecular flexibility index (Phi) is 13.9. The number of esters is 1. The first-order chi connectivity index (χ1) is 33.7. The number of hydrogen-bond acceptors (Lipinski definition) is 10. The van der Waals surface area contributed by atoms with Gasteiger partial charge in [0.2, 0.25) is 5.91 Å². The van der Waals surface area contributed by atoms with E-state index in [1.165, 1.54) is 59.2 Å². The Morgan fingerprint density at radius 2 is 1.79 bits per heavy atom. The molecule has 5 saturated heterocycles. The topological polar surface area (TPSA) is 127 Å². The highest BCUT2D eigenvalue weighted by Gasteiger charge is 2.45. The van der Waals surface area contributed by atoms with Gasteiger partial charge < -0.3 is 24.8 Å². The number of amides is 2. The lowest BCUT2D eigenvalue weighted by molar-refractivity contribution is -0.155. The predicted molar refractivity (Wildman–Crippen MR) is 278 cm³/mol. The number of hydrazine groups is 1. The molecule has 13 heteroatoms. The average molecular weight is 954 g/mol. The molecular weight excluding hydrogens is 875 g/mol. The van der Waals surface area contributed by atoms with Crippen LogP contribution in [0.1, 0.15) is 116 Å². The highest BCUT2D eigenvalue weighted by atomic mass is 16.5. The molecule has 3 N–H and O–H groups in total. The van der Waals surface area contributed by atoms with Gasteiger partial charge in [-0.1, -0.05) is 78.3 Å². The van der Waals surface area contributed by atoms with Gasteiger partial charge in [0, 0.05) is 80.2 Å². The molecule has 2 aromatic carbocycles. The van der Waals surface area contributed by atoms with E-state index >= 15 is 0 Å². The van der Waals surface area contributed by atoms with Crippen molar-refractivity contribution in [3.05, 3.63) is 71.5 Å². The summed E-state index contributed by atoms with van der Waals surface area (Å²) in [5.74, 6) is -0.473. The number of hydrogen-bond donors (Lipinski definition) is 3. The molecule has 70 heavy (non-hydrogen) atoms. The summed E-state index contributed by atoms with van der Waals surface area (Å²) in [6.07, 6.45) is 10.3. The zero-order valence-corrected chi connectivity index (χ0v) is 43.1. The number of ether oxygens (including phenoxy) is 1. The number of carbonyl (C=O) groups is 3. The number of fused-ring (bicyclic) bond motifs is 7. The van der Waals surface area contributed by atoms with Crippen LogP contribution in [-0.4, -0.2) is 132 Å². The maximum atomic E-state index is 14.8. The third kappa shape index (κ3) is 9.76. The second kappa shape index (κ2) is 20.0. The molecule has 5 fully saturated rings. The number of aryl methyl sites for hydroxylation is 1. The van der Waals surface area contributed by atoms with Gasteiger partial charge in [0.25, 0.3) is 5.91 Å². The number of nitrogens with zero attached hydrogens (tertiary/aromatic N) is 6. The minimum Gasteiger partial charge on any atom is -0.464 e. The van der Waals surface area contributed by atoms with Crippen molar-refractivity contribution in [1.82, 2.24) is 40.4 Å². The second-order valence-corrected chi connectivity index (χ2v) is 23.3. The van der Waals surface area contributed by atoms with Crippen molar-refractivity contribution >= 4 is 34.4 Å². The Balaban J connectivity index is 1.05. The summed E-state index contributed by atoms with van der Waals surface area (Å²) >= 11 is 0. The lowest BCUT2D eigenvalue weighted by Gasteiger charge is -2.45. The van der Waals surface area contributed by atoms with Crippen LogP contribution in [0.4, 0.5) is 5.69 Å². The van der Waals surface area contributed by atoms with Gasteiger partial charge >= 0.3 is 5.97 Å². The van der Waals surface area contributed by atoms with Crippen molar-refractivity contribution < 1.29 is 19.1 Å². The van der Waals surface area contributed by atoms with Crippen molar-refractivity contribution in [2.45, 2.75) is 143 Å². The number of anilines is 1. The summed E-state index contributed by atoms with van der Waals surface area (Å²) in [7, 11) is 0. The lowest BCUT2D eigenvalue weighted by Crippen LogP contribution is -2.62. The quantitative estimate of drug-likeness (QED) is 0.153. The van der Waals surface area contributed by atoms with Gasteiger partial charge in [0.05, 0.1) is 35.9 Å². The summed E-state index contributed by atoms with van der Waals surface area (Å²) in [5, 5.41) is 9.60. The molecule has 0 aliphatic carbocycles. The molecule has 2 amide bonds. The molecule has 6 aliphatic heterocycles. The van der Waals surface area contributed by atoms with Crippen molar-refractivity contribution in [2.24, 2.45) is 16.7 Å². The summed E-state index contributed by atoms with van der Waals surface area (Å²) in [4.78, 5) is 56.5. The molecule has 6 bridgehead atoms. The average Bonchev–Trinajstić information content (AvgIpc) is 4.08. The van der Waals surface area contributed by atoms with Crippen LogP contribution in [-0.2, 0) is 38.5 Å². The minimum atomic E-state index is -0.852. The van der Waals surface area contributed by atoms with E-state index in [1.54, 1.807) is 5.01 Å². The van der Waals surface area contributed by atoms with Crippen LogP contribution >= 0.6 is 0 Å². The van der Waals surface area contributed by atoms with Gasteiger partial charge in [0.1, 0.15) is 12.1 Å². The maximum absolute atomic E-state index is 14.8. The van der Waals surface area contributed by atoms with Crippen molar-refractivity contribution in [2.75, 3.05) is 70.4 Å². The number of likely N-dealkylation sites (tertiary alicyclic amines) is 1. The number of carbonyl (C=O) groups excluding carboxylic acids is 3. The molecule has 10 rings (SSSR count). The van der Waals surface area contributed by atoms with E-state index < -0.39 is 17.5 Å². The predicted octanol–water partition coefficient (Wildman–Crippen LogP) is 7.55. The Morgan fingerprint density at radius 3 is 2.57 bits per heavy atom. The molecule has 4 aromatic rings. The van der Waals surface area contributed by atoms with Crippen molar-refractivity contribution in [3.8, 4) is 22.4 Å². The van der Waals surface area contributed by atoms with Crippen LogP contribution < -0.4 is 21.0 Å². The zero-order chi connectivity index (χ0) is 48.9. The number of piperazine rings is 1. The van der Waals surface area contributed by atoms with Crippen LogP contribution in [0.3, 0.4) is 0 Å². The third-order valence-electron chi connectivity index (χ3n) is 16.8. The first-order valence-electron chi connectivity index (χ1n) is 26.9. The Labute approximate surface area is 416 Å². The molecule has 5 atom stereocenters. The smallest absolute Gasteiger partial charge is 0.324 e. The monoisotopic (exact) mass is 954 g/mol. The number of rotatable bonds is 8. The van der Waals surface area contributed by atoms with E-state index in [0.717, 1.165) is 87.6 Å². The van der Waals surface area contributed by atoms with Crippen molar-refractivity contribution in [3.63, 3.8) is 0 Å². The van der Waals surface area contributed by atoms with Gasteiger partial charge in [-0.05, 0) is 129 Å². The molecular formula is C57H79N9O4. The van der Waals surface area contributed by atoms with Gasteiger partial charge in [-0.2, -0.15) is 0 Å². The third-order valence-corrected chi connectivity index (χ3v) is 16.8. The fourth-order valence-electron chi connectivity index (χ4n) is 13.1. The SMILES string of the molecule is CCn1c(-c2cc(N3CCN4CCCC[C@@H]4C3)cnc2C(C)C)c2c3cc(ccc31)-c1cccc(c1)C[C@H](NC(=O)[C@H](C(C)C)N1CC[C@]3(CCNC3)C1)C(=O)N1CCC[C@H](N1)C(=O)OCC(C)(C)C2. The number of benzene rings is 2. The van der Waals surface area contributed by atoms with Gasteiger partial charge in [-0.3, -0.25) is 34.2 Å². The van der Waals surface area contributed by atoms with Crippen LogP contribution in [0.25, 0.3) is 33.3 Å². The van der Waals surface area contributed by atoms with Crippen LogP contribution in [0.15, 0.2) is 54.7 Å². The number of aromatic nitrogens is 2. The summed E-state index contributed by atoms with van der Waals surface area (Å²) in [6.45, 7) is 24.8. The molecule has 8 heterocycles. The largest absolute Gasteiger partial charge is 0.464 e. The molecule has 0 saturated carbocycles. The van der Waals surface area contributed by atoms with Crippen LogP contribution in [0.2, 0.25) is 0 Å². The minimum absolute atomic E-state index is 0.0520. The number of cyclic esters (lactones) is 1. The summed E-state index contributed by atoms with van der Waals surface area (Å²) in [5.41, 5.74) is 13.2. The molecule has 6 aliphatic rings. The molecule has 0 unspecified atom stereocenters. The fourth-order valence-corrected chi connectivity index (χ4v) is 13.1. The highest BCUT2D eigenvalue weighted by molar-refractivity contribution is 5.96. The van der Waals surface area contributed by atoms with E-state index in [4.69, 9.17) is 9.72 Å². The molecule has 1 spiro atoms.